The van der Waals surface area contributed by atoms with Crippen LogP contribution in [0.4, 0.5) is 8.78 Å². The van der Waals surface area contributed by atoms with Gasteiger partial charge in [0.15, 0.2) is 11.6 Å². The summed E-state index contributed by atoms with van der Waals surface area (Å²) in [5.41, 5.74) is 2.30. The van der Waals surface area contributed by atoms with Gasteiger partial charge < -0.3 is 9.47 Å². The van der Waals surface area contributed by atoms with Crippen molar-refractivity contribution in [1.29, 1.82) is 0 Å². The molecule has 2 aliphatic carbocycles. The topological polar surface area (TPSA) is 18.5 Å². The van der Waals surface area contributed by atoms with Gasteiger partial charge in [-0.1, -0.05) is 49.3 Å². The van der Waals surface area contributed by atoms with Crippen LogP contribution in [-0.2, 0) is 4.74 Å². The lowest BCUT2D eigenvalue weighted by Gasteiger charge is -2.41. The average Bonchev–Trinajstić information content (AvgIpc) is 3.01. The Hall–Kier alpha value is -2.20. The van der Waals surface area contributed by atoms with Crippen molar-refractivity contribution in [3.63, 3.8) is 0 Å². The maximum absolute atomic E-state index is 14.7. The number of allylic oxidation sites excluding steroid dienone is 2. The van der Waals surface area contributed by atoms with Gasteiger partial charge in [0.1, 0.15) is 0 Å². The van der Waals surface area contributed by atoms with Gasteiger partial charge in [-0.2, -0.15) is 4.39 Å². The van der Waals surface area contributed by atoms with Crippen LogP contribution in [-0.4, -0.2) is 19.3 Å². The highest BCUT2D eigenvalue weighted by atomic mass is 19.2. The van der Waals surface area contributed by atoms with Crippen LogP contribution in [0.5, 0.6) is 5.75 Å². The van der Waals surface area contributed by atoms with Crippen molar-refractivity contribution < 1.29 is 18.3 Å². The van der Waals surface area contributed by atoms with E-state index in [4.69, 9.17) is 9.47 Å². The van der Waals surface area contributed by atoms with Crippen molar-refractivity contribution in [2.45, 2.75) is 103 Å². The van der Waals surface area contributed by atoms with Crippen LogP contribution in [0.15, 0.2) is 48.6 Å². The summed E-state index contributed by atoms with van der Waals surface area (Å²) in [6.45, 7) is 5.14. The van der Waals surface area contributed by atoms with Crippen LogP contribution >= 0.6 is 0 Å². The standard InChI is InChI=1S/C36H48F2O2/c1-3-5-6-7-25-8-10-30(11-9-25)33-22-20-31(24-40-33)28-14-12-26(13-15-28)27-16-18-29(19-17-27)32-21-23-34(39-4-2)36(38)35(32)37/h3,5,16-19,21,23,25-26,28,30-31,33H,4,6-15,20,22,24H2,1-2H3. The summed E-state index contributed by atoms with van der Waals surface area (Å²) in [5.74, 6) is 1.96. The molecule has 0 radical (unpaired) electrons. The summed E-state index contributed by atoms with van der Waals surface area (Å²) in [7, 11) is 0. The molecule has 2 saturated carbocycles. The first kappa shape index (κ1) is 29.3. The highest BCUT2D eigenvalue weighted by Crippen LogP contribution is 2.44. The zero-order valence-corrected chi connectivity index (χ0v) is 24.6. The lowest BCUT2D eigenvalue weighted by Crippen LogP contribution is -2.37. The third-order valence-corrected chi connectivity index (χ3v) is 10.2. The monoisotopic (exact) mass is 550 g/mol. The summed E-state index contributed by atoms with van der Waals surface area (Å²) in [6, 6.07) is 11.2. The molecule has 3 aliphatic rings. The third kappa shape index (κ3) is 6.98. The maximum Gasteiger partial charge on any atom is 0.201 e. The SMILES string of the molecule is CC=CCCC1CCC(C2CCC(C3CCC(c4ccc(-c5ccc(OCC)c(F)c5F)cc4)CC3)CO2)CC1. The molecule has 2 aromatic carbocycles. The maximum atomic E-state index is 14.7. The molecular formula is C36H48F2O2. The van der Waals surface area contributed by atoms with Gasteiger partial charge in [0, 0.05) is 5.56 Å². The Bertz CT molecular complexity index is 1090. The number of hydrogen-bond donors (Lipinski definition) is 0. The molecule has 3 fully saturated rings. The molecule has 2 unspecified atom stereocenters. The highest BCUT2D eigenvalue weighted by molar-refractivity contribution is 5.65. The molecule has 1 heterocycles. The number of rotatable bonds is 9. The summed E-state index contributed by atoms with van der Waals surface area (Å²) in [6.07, 6.45) is 20.6. The first-order valence-corrected chi connectivity index (χ1v) is 16.0. The predicted molar refractivity (Wildman–Crippen MR) is 160 cm³/mol. The fourth-order valence-corrected chi connectivity index (χ4v) is 7.76. The Balaban J connectivity index is 1.07. The number of halogens is 2. The van der Waals surface area contributed by atoms with Gasteiger partial charge >= 0.3 is 0 Å². The zero-order chi connectivity index (χ0) is 27.9. The summed E-state index contributed by atoms with van der Waals surface area (Å²) in [4.78, 5) is 0. The highest BCUT2D eigenvalue weighted by Gasteiger charge is 2.35. The first-order valence-electron chi connectivity index (χ1n) is 16.0. The summed E-state index contributed by atoms with van der Waals surface area (Å²) in [5, 5.41) is 0. The van der Waals surface area contributed by atoms with E-state index in [-0.39, 0.29) is 11.3 Å². The van der Waals surface area contributed by atoms with Crippen LogP contribution < -0.4 is 4.74 Å². The molecule has 0 N–H and O–H groups in total. The Kier molecular flexibility index (Phi) is 10.3. The molecule has 1 saturated heterocycles. The third-order valence-electron chi connectivity index (χ3n) is 10.2. The van der Waals surface area contributed by atoms with Crippen molar-refractivity contribution in [3.05, 3.63) is 65.7 Å². The second-order valence-electron chi connectivity index (χ2n) is 12.5. The van der Waals surface area contributed by atoms with E-state index in [1.165, 1.54) is 88.7 Å². The molecule has 5 rings (SSSR count). The lowest BCUT2D eigenvalue weighted by atomic mass is 9.71. The van der Waals surface area contributed by atoms with Crippen molar-refractivity contribution >= 4 is 0 Å². The van der Waals surface area contributed by atoms with E-state index in [0.717, 1.165) is 24.4 Å². The van der Waals surface area contributed by atoms with Gasteiger partial charge in [-0.05, 0) is 131 Å². The van der Waals surface area contributed by atoms with Gasteiger partial charge in [0.2, 0.25) is 5.82 Å². The Morgan fingerprint density at radius 3 is 2.15 bits per heavy atom. The van der Waals surface area contributed by atoms with E-state index in [1.54, 1.807) is 13.0 Å². The Morgan fingerprint density at radius 2 is 1.50 bits per heavy atom. The largest absolute Gasteiger partial charge is 0.491 e. The minimum atomic E-state index is -0.914. The quantitative estimate of drug-likeness (QED) is 0.289. The van der Waals surface area contributed by atoms with Crippen LogP contribution in [0, 0.1) is 35.3 Å². The Labute approximate surface area is 240 Å². The number of benzene rings is 2. The van der Waals surface area contributed by atoms with Crippen LogP contribution in [0.25, 0.3) is 11.1 Å². The Morgan fingerprint density at radius 1 is 0.800 bits per heavy atom. The average molecular weight is 551 g/mol. The number of hydrogen-bond acceptors (Lipinski definition) is 2. The molecular weight excluding hydrogens is 502 g/mol. The van der Waals surface area contributed by atoms with Gasteiger partial charge in [-0.25, -0.2) is 4.39 Å². The molecule has 2 aromatic rings. The molecule has 4 heteroatoms. The summed E-state index contributed by atoms with van der Waals surface area (Å²) >= 11 is 0. The molecule has 40 heavy (non-hydrogen) atoms. The van der Waals surface area contributed by atoms with E-state index >= 15 is 0 Å². The fraction of sp³-hybridized carbons (Fsp3) is 0.611. The molecule has 218 valence electrons. The van der Waals surface area contributed by atoms with Crippen molar-refractivity contribution in [1.82, 2.24) is 0 Å². The van der Waals surface area contributed by atoms with Crippen molar-refractivity contribution in [3.8, 4) is 16.9 Å². The van der Waals surface area contributed by atoms with Gasteiger partial charge in [-0.15, -0.1) is 0 Å². The molecule has 0 spiro atoms. The van der Waals surface area contributed by atoms with Crippen LogP contribution in [0.3, 0.4) is 0 Å². The smallest absolute Gasteiger partial charge is 0.201 e. The molecule has 0 bridgehead atoms. The van der Waals surface area contributed by atoms with Gasteiger partial charge in [0.25, 0.3) is 0 Å². The number of ether oxygens (including phenoxy) is 2. The fourth-order valence-electron chi connectivity index (χ4n) is 7.76. The lowest BCUT2D eigenvalue weighted by molar-refractivity contribution is -0.0732. The van der Waals surface area contributed by atoms with Crippen LogP contribution in [0.1, 0.15) is 102 Å². The molecule has 1 aliphatic heterocycles. The molecule has 2 nitrogen and oxygen atoms in total. The second kappa shape index (κ2) is 14.1. The van der Waals surface area contributed by atoms with E-state index in [9.17, 15) is 8.78 Å². The van der Waals surface area contributed by atoms with Gasteiger partial charge in [-0.3, -0.25) is 0 Å². The second-order valence-corrected chi connectivity index (χ2v) is 12.5. The van der Waals surface area contributed by atoms with Crippen LogP contribution in [0.2, 0.25) is 0 Å². The zero-order valence-electron chi connectivity index (χ0n) is 24.6. The van der Waals surface area contributed by atoms with Gasteiger partial charge in [0.05, 0.1) is 19.3 Å². The van der Waals surface area contributed by atoms with E-state index in [0.29, 0.717) is 30.1 Å². The molecule has 0 aromatic heterocycles. The predicted octanol–water partition coefficient (Wildman–Crippen LogP) is 10.3. The van der Waals surface area contributed by atoms with E-state index < -0.39 is 11.6 Å². The molecule has 2 atom stereocenters. The van der Waals surface area contributed by atoms with E-state index in [1.807, 2.05) is 12.1 Å². The van der Waals surface area contributed by atoms with E-state index in [2.05, 4.69) is 31.2 Å². The first-order chi connectivity index (χ1) is 19.6. The normalized spacial score (nSPS) is 29.5. The minimum absolute atomic E-state index is 0.0330. The minimum Gasteiger partial charge on any atom is -0.491 e. The molecule has 0 amide bonds. The van der Waals surface area contributed by atoms with Crippen molar-refractivity contribution in [2.24, 2.45) is 23.7 Å². The van der Waals surface area contributed by atoms with Crippen molar-refractivity contribution in [2.75, 3.05) is 13.2 Å². The summed E-state index contributed by atoms with van der Waals surface area (Å²) < 4.78 is 40.8.